The lowest BCUT2D eigenvalue weighted by Gasteiger charge is -2.09. The van der Waals surface area contributed by atoms with Crippen molar-refractivity contribution in [3.05, 3.63) is 0 Å². The van der Waals surface area contributed by atoms with Gasteiger partial charge < -0.3 is 5.01 Å². The van der Waals surface area contributed by atoms with Gasteiger partial charge in [-0.15, -0.1) is 0 Å². The molecule has 2 nitrogen and oxygen atoms in total. The molecule has 2 atom stereocenters. The monoisotopic (exact) mass is 168 g/mol. The maximum atomic E-state index is 4.37. The van der Waals surface area contributed by atoms with Crippen LogP contribution in [0, 0.1) is 11.8 Å². The molecule has 1 aliphatic carbocycles. The van der Waals surface area contributed by atoms with Gasteiger partial charge in [0.05, 0.1) is 0 Å². The number of hydrogen-bond acceptors (Lipinski definition) is 2. The summed E-state index contributed by atoms with van der Waals surface area (Å²) < 4.78 is 0. The molecule has 2 unspecified atom stereocenters. The lowest BCUT2D eigenvalue weighted by Crippen LogP contribution is -2.11. The summed E-state index contributed by atoms with van der Waals surface area (Å²) in [4.78, 5) is 0. The molecule has 0 N–H and O–H groups in total. The van der Waals surface area contributed by atoms with Crippen LogP contribution in [0.5, 0.6) is 0 Å². The summed E-state index contributed by atoms with van der Waals surface area (Å²) in [5, 5.41) is 6.36. The van der Waals surface area contributed by atoms with Crippen molar-refractivity contribution < 1.29 is 0 Å². The Labute approximate surface area is 75.6 Å². The molecule has 2 heteroatoms. The number of rotatable bonds is 3. The zero-order valence-corrected chi connectivity index (χ0v) is 8.45. The fourth-order valence-electron chi connectivity index (χ4n) is 1.68. The molecule has 0 saturated heterocycles. The van der Waals surface area contributed by atoms with E-state index in [1.807, 2.05) is 12.1 Å². The normalized spacial score (nSPS) is 29.9. The van der Waals surface area contributed by atoms with Crippen molar-refractivity contribution in [2.75, 3.05) is 13.6 Å². The minimum Gasteiger partial charge on any atom is -0.301 e. The van der Waals surface area contributed by atoms with Crippen LogP contribution in [0.3, 0.4) is 0 Å². The number of hydrogen-bond donors (Lipinski definition) is 0. The first kappa shape index (κ1) is 9.56. The fraction of sp³-hybridized carbons (Fsp3) is 0.900. The van der Waals surface area contributed by atoms with Gasteiger partial charge in [-0.2, -0.15) is 5.10 Å². The highest BCUT2D eigenvalue weighted by molar-refractivity contribution is 5.60. The topological polar surface area (TPSA) is 15.6 Å². The molecule has 0 radical (unpaired) electrons. The Kier molecular flexibility index (Phi) is 3.57. The highest BCUT2D eigenvalue weighted by Gasteiger charge is 2.19. The second-order valence-electron chi connectivity index (χ2n) is 3.92. The first-order valence-corrected chi connectivity index (χ1v) is 4.97. The number of hydrazone groups is 1. The Balaban J connectivity index is 2.26. The summed E-state index contributed by atoms with van der Waals surface area (Å²) >= 11 is 0. The molecular weight excluding hydrogens is 148 g/mol. The third-order valence-corrected chi connectivity index (χ3v) is 2.67. The quantitative estimate of drug-likeness (QED) is 0.466. The molecule has 0 spiro atoms. The summed E-state index contributed by atoms with van der Waals surface area (Å²) in [7, 11) is 2.02. The van der Waals surface area contributed by atoms with E-state index in [9.17, 15) is 0 Å². The maximum absolute atomic E-state index is 4.37. The molecule has 1 fully saturated rings. The Morgan fingerprint density at radius 3 is 2.75 bits per heavy atom. The highest BCUT2D eigenvalue weighted by Crippen LogP contribution is 2.28. The highest BCUT2D eigenvalue weighted by atomic mass is 15.4. The Morgan fingerprint density at radius 1 is 1.50 bits per heavy atom. The van der Waals surface area contributed by atoms with Crippen molar-refractivity contribution in [1.82, 2.24) is 5.01 Å². The van der Waals surface area contributed by atoms with Gasteiger partial charge in [0.1, 0.15) is 0 Å². The fourth-order valence-corrected chi connectivity index (χ4v) is 1.68. The van der Waals surface area contributed by atoms with Gasteiger partial charge in [-0.05, 0) is 31.6 Å². The average Bonchev–Trinajstić information content (AvgIpc) is 2.47. The maximum Gasteiger partial charge on any atom is 0.0328 e. The third kappa shape index (κ3) is 2.84. The van der Waals surface area contributed by atoms with E-state index in [4.69, 9.17) is 0 Å². The first-order valence-electron chi connectivity index (χ1n) is 4.97. The van der Waals surface area contributed by atoms with Gasteiger partial charge in [0, 0.05) is 19.8 Å². The van der Waals surface area contributed by atoms with E-state index in [0.717, 1.165) is 18.4 Å². The molecular formula is C10H20N2. The van der Waals surface area contributed by atoms with Crippen LogP contribution in [-0.2, 0) is 0 Å². The summed E-state index contributed by atoms with van der Waals surface area (Å²) in [6, 6.07) is 0. The van der Waals surface area contributed by atoms with Crippen LogP contribution >= 0.6 is 0 Å². The molecule has 0 heterocycles. The SMILES string of the molecule is CCN(C)/N=C/C1CCC(C)C1. The molecule has 0 aromatic carbocycles. The van der Waals surface area contributed by atoms with Gasteiger partial charge in [0.25, 0.3) is 0 Å². The van der Waals surface area contributed by atoms with E-state index in [2.05, 4.69) is 25.2 Å². The largest absolute Gasteiger partial charge is 0.301 e. The molecule has 1 saturated carbocycles. The second-order valence-corrected chi connectivity index (χ2v) is 3.92. The van der Waals surface area contributed by atoms with Crippen LogP contribution in [0.2, 0.25) is 0 Å². The summed E-state index contributed by atoms with van der Waals surface area (Å²) in [5.41, 5.74) is 0. The number of nitrogens with zero attached hydrogens (tertiary/aromatic N) is 2. The van der Waals surface area contributed by atoms with Crippen LogP contribution in [0.1, 0.15) is 33.1 Å². The molecule has 12 heavy (non-hydrogen) atoms. The van der Waals surface area contributed by atoms with E-state index in [1.54, 1.807) is 0 Å². The van der Waals surface area contributed by atoms with Gasteiger partial charge in [-0.3, -0.25) is 0 Å². The second kappa shape index (κ2) is 4.48. The van der Waals surface area contributed by atoms with Crippen LogP contribution in [0.4, 0.5) is 0 Å². The van der Waals surface area contributed by atoms with E-state index < -0.39 is 0 Å². The van der Waals surface area contributed by atoms with Crippen LogP contribution in [0.25, 0.3) is 0 Å². The third-order valence-electron chi connectivity index (χ3n) is 2.67. The molecule has 0 aromatic rings. The predicted molar refractivity (Wildman–Crippen MR) is 53.3 cm³/mol. The molecule has 70 valence electrons. The standard InChI is InChI=1S/C10H20N2/c1-4-12(3)11-8-10-6-5-9(2)7-10/h8-10H,4-7H2,1-3H3/b11-8+. The van der Waals surface area contributed by atoms with E-state index in [0.29, 0.717) is 0 Å². The van der Waals surface area contributed by atoms with E-state index >= 15 is 0 Å². The Morgan fingerprint density at radius 2 is 2.25 bits per heavy atom. The summed E-state index contributed by atoms with van der Waals surface area (Å²) in [6.45, 7) is 5.45. The zero-order chi connectivity index (χ0) is 8.97. The molecule has 0 bridgehead atoms. The van der Waals surface area contributed by atoms with E-state index in [1.165, 1.54) is 19.3 Å². The lowest BCUT2D eigenvalue weighted by molar-refractivity contribution is 0.374. The molecule has 0 amide bonds. The van der Waals surface area contributed by atoms with Gasteiger partial charge in [-0.25, -0.2) is 0 Å². The van der Waals surface area contributed by atoms with Crippen LogP contribution in [-0.4, -0.2) is 24.8 Å². The van der Waals surface area contributed by atoms with Crippen molar-refractivity contribution in [3.63, 3.8) is 0 Å². The van der Waals surface area contributed by atoms with Crippen LogP contribution in [0.15, 0.2) is 5.10 Å². The van der Waals surface area contributed by atoms with Crippen molar-refractivity contribution in [3.8, 4) is 0 Å². The zero-order valence-electron chi connectivity index (χ0n) is 8.45. The average molecular weight is 168 g/mol. The van der Waals surface area contributed by atoms with Gasteiger partial charge in [-0.1, -0.05) is 13.3 Å². The van der Waals surface area contributed by atoms with Crippen molar-refractivity contribution in [2.24, 2.45) is 16.9 Å². The molecule has 0 aliphatic heterocycles. The first-order chi connectivity index (χ1) is 5.72. The van der Waals surface area contributed by atoms with Crippen molar-refractivity contribution in [2.45, 2.75) is 33.1 Å². The molecule has 0 aromatic heterocycles. The van der Waals surface area contributed by atoms with E-state index in [-0.39, 0.29) is 0 Å². The van der Waals surface area contributed by atoms with Crippen molar-refractivity contribution >= 4 is 6.21 Å². The Bertz CT molecular complexity index is 154. The van der Waals surface area contributed by atoms with Gasteiger partial charge in [0.15, 0.2) is 0 Å². The minimum absolute atomic E-state index is 0.744. The molecule has 1 aliphatic rings. The Hall–Kier alpha value is -0.530. The van der Waals surface area contributed by atoms with Gasteiger partial charge >= 0.3 is 0 Å². The van der Waals surface area contributed by atoms with Crippen molar-refractivity contribution in [1.29, 1.82) is 0 Å². The minimum atomic E-state index is 0.744. The predicted octanol–water partition coefficient (Wildman–Crippen LogP) is 2.36. The summed E-state index contributed by atoms with van der Waals surface area (Å²) in [5.74, 6) is 1.65. The summed E-state index contributed by atoms with van der Waals surface area (Å²) in [6.07, 6.45) is 6.18. The van der Waals surface area contributed by atoms with Crippen LogP contribution < -0.4 is 0 Å². The smallest absolute Gasteiger partial charge is 0.0328 e. The van der Waals surface area contributed by atoms with Gasteiger partial charge in [0.2, 0.25) is 0 Å². The molecule has 1 rings (SSSR count). The lowest BCUT2D eigenvalue weighted by atomic mass is 10.1.